The minimum absolute atomic E-state index is 0.158. The van der Waals surface area contributed by atoms with E-state index in [1.807, 2.05) is 34.9 Å². The maximum absolute atomic E-state index is 12.3. The molecule has 1 aliphatic carbocycles. The number of aromatic nitrogens is 3. The zero-order chi connectivity index (χ0) is 18.8. The highest BCUT2D eigenvalue weighted by Gasteiger charge is 2.31. The Morgan fingerprint density at radius 3 is 2.70 bits per heavy atom. The first-order valence-corrected chi connectivity index (χ1v) is 10.3. The predicted molar refractivity (Wildman–Crippen MR) is 106 cm³/mol. The minimum atomic E-state index is -0.558. The van der Waals surface area contributed by atoms with Gasteiger partial charge < -0.3 is 11.1 Å². The van der Waals surface area contributed by atoms with Crippen molar-refractivity contribution in [3.63, 3.8) is 0 Å². The lowest BCUT2D eigenvalue weighted by Crippen LogP contribution is -2.18. The predicted octanol–water partition coefficient (Wildman–Crippen LogP) is 3.04. The van der Waals surface area contributed by atoms with E-state index in [9.17, 15) is 9.59 Å². The summed E-state index contributed by atoms with van der Waals surface area (Å²) in [5.41, 5.74) is 6.62. The Morgan fingerprint density at radius 1 is 1.22 bits per heavy atom. The number of carbonyl (C=O) groups is 2. The van der Waals surface area contributed by atoms with E-state index in [0.717, 1.165) is 24.4 Å². The number of benzene rings is 1. The van der Waals surface area contributed by atoms with Gasteiger partial charge in [-0.1, -0.05) is 30.0 Å². The van der Waals surface area contributed by atoms with Gasteiger partial charge in [-0.2, -0.15) is 0 Å². The van der Waals surface area contributed by atoms with Gasteiger partial charge in [0, 0.05) is 11.6 Å². The zero-order valence-electron chi connectivity index (χ0n) is 14.3. The molecule has 1 fully saturated rings. The van der Waals surface area contributed by atoms with Crippen LogP contribution in [0.4, 0.5) is 5.00 Å². The lowest BCUT2D eigenvalue weighted by Gasteiger charge is -2.09. The summed E-state index contributed by atoms with van der Waals surface area (Å²) in [6.45, 7) is 0. The molecule has 0 unspecified atom stereocenters. The van der Waals surface area contributed by atoms with Crippen molar-refractivity contribution in [1.29, 1.82) is 0 Å². The van der Waals surface area contributed by atoms with Gasteiger partial charge >= 0.3 is 0 Å². The van der Waals surface area contributed by atoms with Gasteiger partial charge in [0.25, 0.3) is 5.91 Å². The van der Waals surface area contributed by atoms with E-state index in [4.69, 9.17) is 5.73 Å². The standard InChI is InChI=1S/C18H17N5O2S2/c19-15(25)13-8-9-26-17(13)20-14(24)10-27-18-22-21-16(11-6-7-11)23(18)12-4-2-1-3-5-12/h1-5,8-9,11H,6-7,10H2,(H2,19,25)(H,20,24). The number of nitrogens with zero attached hydrogens (tertiary/aromatic N) is 3. The summed E-state index contributed by atoms with van der Waals surface area (Å²) in [4.78, 5) is 23.7. The number of rotatable bonds is 7. The number of hydrogen-bond acceptors (Lipinski definition) is 6. The van der Waals surface area contributed by atoms with E-state index >= 15 is 0 Å². The van der Waals surface area contributed by atoms with E-state index in [1.54, 1.807) is 11.4 Å². The highest BCUT2D eigenvalue weighted by molar-refractivity contribution is 7.99. The first-order chi connectivity index (χ1) is 13.1. The smallest absolute Gasteiger partial charge is 0.251 e. The summed E-state index contributed by atoms with van der Waals surface area (Å²) < 4.78 is 2.02. The molecule has 27 heavy (non-hydrogen) atoms. The van der Waals surface area contributed by atoms with Crippen molar-refractivity contribution < 1.29 is 9.59 Å². The van der Waals surface area contributed by atoms with E-state index < -0.39 is 5.91 Å². The molecule has 0 radical (unpaired) electrons. The molecule has 3 aromatic rings. The van der Waals surface area contributed by atoms with Crippen molar-refractivity contribution in [2.24, 2.45) is 5.73 Å². The van der Waals surface area contributed by atoms with Gasteiger partial charge in [-0.05, 0) is 36.4 Å². The second-order valence-corrected chi connectivity index (χ2v) is 8.01. The van der Waals surface area contributed by atoms with E-state index in [-0.39, 0.29) is 11.7 Å². The fourth-order valence-electron chi connectivity index (χ4n) is 2.69. The highest BCUT2D eigenvalue weighted by atomic mass is 32.2. The van der Waals surface area contributed by atoms with E-state index in [0.29, 0.717) is 21.6 Å². The van der Waals surface area contributed by atoms with Crippen molar-refractivity contribution in [2.45, 2.75) is 23.9 Å². The van der Waals surface area contributed by atoms with Gasteiger partial charge in [0.05, 0.1) is 11.3 Å². The molecular weight excluding hydrogens is 382 g/mol. The fourth-order valence-corrected chi connectivity index (χ4v) is 4.26. The van der Waals surface area contributed by atoms with Crippen LogP contribution in [-0.2, 0) is 4.79 Å². The van der Waals surface area contributed by atoms with Crippen LogP contribution in [0.5, 0.6) is 0 Å². The number of nitrogens with two attached hydrogens (primary N) is 1. The number of thioether (sulfide) groups is 1. The molecule has 0 atom stereocenters. The molecular formula is C18H17N5O2S2. The SMILES string of the molecule is NC(=O)c1ccsc1NC(=O)CSc1nnc(C2CC2)n1-c1ccccc1. The fraction of sp³-hybridized carbons (Fsp3) is 0.222. The molecule has 2 heterocycles. The molecule has 2 aromatic heterocycles. The molecule has 4 rings (SSSR count). The Bertz CT molecular complexity index is 979. The quantitative estimate of drug-likeness (QED) is 0.595. The van der Waals surface area contributed by atoms with Gasteiger partial charge in [0.2, 0.25) is 5.91 Å². The van der Waals surface area contributed by atoms with Crippen LogP contribution in [-0.4, -0.2) is 32.3 Å². The molecule has 9 heteroatoms. The number of hydrogen-bond donors (Lipinski definition) is 2. The van der Waals surface area contributed by atoms with Gasteiger partial charge in [0.1, 0.15) is 10.8 Å². The Balaban J connectivity index is 1.49. The normalized spacial score (nSPS) is 13.5. The van der Waals surface area contributed by atoms with Crippen LogP contribution in [0, 0.1) is 0 Å². The Hall–Kier alpha value is -2.65. The average molecular weight is 400 g/mol. The van der Waals surface area contributed by atoms with Crippen LogP contribution in [0.3, 0.4) is 0 Å². The Morgan fingerprint density at radius 2 is 2.00 bits per heavy atom. The van der Waals surface area contributed by atoms with Crippen LogP contribution in [0.25, 0.3) is 5.69 Å². The summed E-state index contributed by atoms with van der Waals surface area (Å²) in [5.74, 6) is 0.757. The van der Waals surface area contributed by atoms with Gasteiger partial charge in [0.15, 0.2) is 5.16 Å². The Kier molecular flexibility index (Phi) is 4.95. The first-order valence-electron chi connectivity index (χ1n) is 8.44. The number of carbonyl (C=O) groups excluding carboxylic acids is 2. The third kappa shape index (κ3) is 3.88. The maximum atomic E-state index is 12.3. The van der Waals surface area contributed by atoms with Crippen molar-refractivity contribution in [3.8, 4) is 5.69 Å². The Labute approximate surface area is 164 Å². The van der Waals surface area contributed by atoms with Gasteiger partial charge in [-0.25, -0.2) is 0 Å². The monoisotopic (exact) mass is 399 g/mol. The number of amides is 2. The molecule has 0 spiro atoms. The molecule has 7 nitrogen and oxygen atoms in total. The maximum Gasteiger partial charge on any atom is 0.251 e. The summed E-state index contributed by atoms with van der Waals surface area (Å²) in [6.07, 6.45) is 2.23. The second kappa shape index (κ2) is 7.53. The average Bonchev–Trinajstić information content (AvgIpc) is 3.25. The third-order valence-corrected chi connectivity index (χ3v) is 5.89. The first kappa shape index (κ1) is 17.7. The molecule has 138 valence electrons. The van der Waals surface area contributed by atoms with Crippen LogP contribution in [0.2, 0.25) is 0 Å². The van der Waals surface area contributed by atoms with Crippen LogP contribution in [0.1, 0.15) is 34.9 Å². The number of thiophene rings is 1. The largest absolute Gasteiger partial charge is 0.366 e. The molecule has 2 amide bonds. The summed E-state index contributed by atoms with van der Waals surface area (Å²) in [5, 5.41) is 14.3. The molecule has 0 aliphatic heterocycles. The molecule has 1 aromatic carbocycles. The molecule has 1 saturated carbocycles. The van der Waals surface area contributed by atoms with Gasteiger partial charge in [-0.15, -0.1) is 21.5 Å². The number of primary amides is 1. The number of nitrogens with one attached hydrogen (secondary N) is 1. The number of para-hydroxylation sites is 1. The summed E-state index contributed by atoms with van der Waals surface area (Å²) in [7, 11) is 0. The lowest BCUT2D eigenvalue weighted by atomic mass is 10.3. The molecule has 3 N–H and O–H groups in total. The van der Waals surface area contributed by atoms with Crippen molar-refractivity contribution in [3.05, 3.63) is 53.2 Å². The molecule has 0 saturated heterocycles. The van der Waals surface area contributed by atoms with Crippen LogP contribution >= 0.6 is 23.1 Å². The molecule has 0 bridgehead atoms. The van der Waals surface area contributed by atoms with Crippen LogP contribution < -0.4 is 11.1 Å². The van der Waals surface area contributed by atoms with Crippen molar-refractivity contribution in [2.75, 3.05) is 11.1 Å². The van der Waals surface area contributed by atoms with E-state index in [2.05, 4.69) is 15.5 Å². The highest BCUT2D eigenvalue weighted by Crippen LogP contribution is 2.41. The second-order valence-electron chi connectivity index (χ2n) is 6.15. The lowest BCUT2D eigenvalue weighted by molar-refractivity contribution is -0.113. The third-order valence-electron chi connectivity index (χ3n) is 4.13. The van der Waals surface area contributed by atoms with Crippen molar-refractivity contribution in [1.82, 2.24) is 14.8 Å². The zero-order valence-corrected chi connectivity index (χ0v) is 15.9. The minimum Gasteiger partial charge on any atom is -0.366 e. The van der Waals surface area contributed by atoms with Gasteiger partial charge in [-0.3, -0.25) is 14.2 Å². The summed E-state index contributed by atoms with van der Waals surface area (Å²) >= 11 is 2.59. The number of anilines is 1. The van der Waals surface area contributed by atoms with Crippen molar-refractivity contribution >= 4 is 39.9 Å². The molecule has 1 aliphatic rings. The topological polar surface area (TPSA) is 103 Å². The van der Waals surface area contributed by atoms with Crippen LogP contribution in [0.15, 0.2) is 46.9 Å². The summed E-state index contributed by atoms with van der Waals surface area (Å²) in [6, 6.07) is 11.5. The van der Waals surface area contributed by atoms with E-state index in [1.165, 1.54) is 23.1 Å².